The van der Waals surface area contributed by atoms with Crippen LogP contribution < -0.4 is 0 Å². The fourth-order valence-corrected chi connectivity index (χ4v) is 1.80. The average molecular weight is 256 g/mol. The minimum Gasteiger partial charge on any atom is -0.303 e. The Morgan fingerprint density at radius 2 is 2.11 bits per heavy atom. The monoisotopic (exact) mass is 256 g/mol. The van der Waals surface area contributed by atoms with E-state index < -0.39 is 17.7 Å². The van der Waals surface area contributed by atoms with E-state index in [2.05, 4.69) is 4.98 Å². The summed E-state index contributed by atoms with van der Waals surface area (Å²) in [5, 5.41) is 0. The van der Waals surface area contributed by atoms with Gasteiger partial charge in [-0.3, -0.25) is 4.79 Å². The summed E-state index contributed by atoms with van der Waals surface area (Å²) in [6, 6.07) is 3.29. The topological polar surface area (TPSA) is 34.4 Å². The minimum absolute atomic E-state index is 0.203. The first-order valence-electron chi connectivity index (χ1n) is 5.43. The van der Waals surface area contributed by atoms with Crippen molar-refractivity contribution in [2.24, 2.45) is 0 Å². The third-order valence-electron chi connectivity index (χ3n) is 2.66. The van der Waals surface area contributed by atoms with Crippen LogP contribution in [0.2, 0.25) is 0 Å². The molecule has 0 fully saturated rings. The number of aromatic nitrogens is 2. The summed E-state index contributed by atoms with van der Waals surface area (Å²) in [4.78, 5) is 15.1. The number of carbonyl (C=O) groups is 1. The first-order valence-corrected chi connectivity index (χ1v) is 5.43. The fourth-order valence-electron chi connectivity index (χ4n) is 1.80. The second-order valence-electron chi connectivity index (χ2n) is 4.02. The lowest BCUT2D eigenvalue weighted by Gasteiger charge is -2.03. The van der Waals surface area contributed by atoms with Crippen molar-refractivity contribution in [2.45, 2.75) is 26.4 Å². The van der Waals surface area contributed by atoms with E-state index in [1.165, 1.54) is 10.5 Å². The van der Waals surface area contributed by atoms with E-state index >= 15 is 0 Å². The Labute approximate surface area is 101 Å². The predicted molar refractivity (Wildman–Crippen MR) is 59.7 cm³/mol. The van der Waals surface area contributed by atoms with Crippen LogP contribution in [-0.4, -0.2) is 21.3 Å². The Morgan fingerprint density at radius 1 is 1.44 bits per heavy atom. The molecular formula is C12H11F3N2O. The van der Waals surface area contributed by atoms with Crippen molar-refractivity contribution >= 4 is 11.3 Å². The summed E-state index contributed by atoms with van der Waals surface area (Å²) < 4.78 is 39.0. The van der Waals surface area contributed by atoms with Crippen LogP contribution in [0.3, 0.4) is 0 Å². The number of aryl methyl sites for hydroxylation is 2. The minimum atomic E-state index is -4.90. The fraction of sp³-hybridized carbons (Fsp3) is 0.333. The van der Waals surface area contributed by atoms with Gasteiger partial charge in [0, 0.05) is 12.6 Å². The molecule has 0 aliphatic rings. The summed E-state index contributed by atoms with van der Waals surface area (Å²) in [6.07, 6.45) is -2.82. The SMILES string of the molecule is CCc1nc(C(=O)C(F)(F)F)c2cc(C)ccn12. The van der Waals surface area contributed by atoms with Gasteiger partial charge >= 0.3 is 6.18 Å². The summed E-state index contributed by atoms with van der Waals surface area (Å²) in [7, 11) is 0. The molecule has 0 N–H and O–H groups in total. The standard InChI is InChI=1S/C12H11F3N2O/c1-3-9-16-10(11(18)12(13,14)15)8-6-7(2)4-5-17(8)9/h4-6H,3H2,1-2H3. The lowest BCUT2D eigenvalue weighted by Crippen LogP contribution is -2.23. The van der Waals surface area contributed by atoms with Gasteiger partial charge in [0.25, 0.3) is 5.78 Å². The molecule has 0 aliphatic heterocycles. The van der Waals surface area contributed by atoms with Gasteiger partial charge in [-0.2, -0.15) is 13.2 Å². The molecule has 2 heterocycles. The molecule has 0 atom stereocenters. The molecule has 0 aliphatic carbocycles. The second kappa shape index (κ2) is 4.12. The summed E-state index contributed by atoms with van der Waals surface area (Å²) in [5.41, 5.74) is 0.457. The number of ketones is 1. The largest absolute Gasteiger partial charge is 0.456 e. The van der Waals surface area contributed by atoms with Crippen molar-refractivity contribution in [3.8, 4) is 0 Å². The molecule has 96 valence electrons. The van der Waals surface area contributed by atoms with Crippen LogP contribution in [0.1, 0.15) is 28.8 Å². The van der Waals surface area contributed by atoms with Crippen molar-refractivity contribution in [1.29, 1.82) is 0 Å². The number of nitrogens with zero attached hydrogens (tertiary/aromatic N) is 2. The normalized spacial score (nSPS) is 12.1. The molecule has 18 heavy (non-hydrogen) atoms. The number of pyridine rings is 1. The summed E-state index contributed by atoms with van der Waals surface area (Å²) in [5.74, 6) is -1.46. The molecule has 0 saturated carbocycles. The molecule has 0 unspecified atom stereocenters. The number of rotatable bonds is 2. The highest BCUT2D eigenvalue weighted by molar-refractivity contribution is 6.04. The molecule has 2 rings (SSSR count). The number of Topliss-reactive ketones (excluding diaryl/α,β-unsaturated/α-hetero) is 1. The molecule has 0 spiro atoms. The van der Waals surface area contributed by atoms with Gasteiger partial charge in [-0.1, -0.05) is 6.92 Å². The van der Waals surface area contributed by atoms with Crippen LogP contribution in [0.25, 0.3) is 5.52 Å². The Balaban J connectivity index is 2.71. The summed E-state index contributed by atoms with van der Waals surface area (Å²) in [6.45, 7) is 3.52. The number of halogens is 3. The molecule has 2 aromatic heterocycles. The van der Waals surface area contributed by atoms with Crippen LogP contribution in [0, 0.1) is 6.92 Å². The third kappa shape index (κ3) is 1.98. The van der Waals surface area contributed by atoms with E-state index in [0.717, 1.165) is 5.56 Å². The highest BCUT2D eigenvalue weighted by Crippen LogP contribution is 2.25. The van der Waals surface area contributed by atoms with Crippen molar-refractivity contribution in [1.82, 2.24) is 9.38 Å². The van der Waals surface area contributed by atoms with Gasteiger partial charge in [-0.25, -0.2) is 4.98 Å². The van der Waals surface area contributed by atoms with Crippen LogP contribution >= 0.6 is 0 Å². The van der Waals surface area contributed by atoms with Crippen LogP contribution in [0.4, 0.5) is 13.2 Å². The summed E-state index contributed by atoms with van der Waals surface area (Å²) >= 11 is 0. The van der Waals surface area contributed by atoms with Crippen molar-refractivity contribution in [2.75, 3.05) is 0 Å². The average Bonchev–Trinajstić information content (AvgIpc) is 2.64. The molecule has 0 aromatic carbocycles. The quantitative estimate of drug-likeness (QED) is 0.774. The second-order valence-corrected chi connectivity index (χ2v) is 4.02. The number of fused-ring (bicyclic) bond motifs is 1. The van der Waals surface area contributed by atoms with Gasteiger partial charge in [0.2, 0.25) is 0 Å². The number of carbonyl (C=O) groups excluding carboxylic acids is 1. The molecule has 0 radical (unpaired) electrons. The van der Waals surface area contributed by atoms with Gasteiger partial charge in [0.05, 0.1) is 5.52 Å². The maximum absolute atomic E-state index is 12.5. The molecule has 0 bridgehead atoms. The highest BCUT2D eigenvalue weighted by atomic mass is 19.4. The van der Waals surface area contributed by atoms with Gasteiger partial charge in [-0.05, 0) is 24.6 Å². The Hall–Kier alpha value is -1.85. The zero-order valence-corrected chi connectivity index (χ0v) is 9.88. The molecular weight excluding hydrogens is 245 g/mol. The third-order valence-corrected chi connectivity index (χ3v) is 2.66. The molecule has 2 aromatic rings. The lowest BCUT2D eigenvalue weighted by atomic mass is 10.2. The molecule has 0 amide bonds. The van der Waals surface area contributed by atoms with Crippen LogP contribution in [0.5, 0.6) is 0 Å². The molecule has 3 nitrogen and oxygen atoms in total. The Bertz CT molecular complexity index is 614. The zero-order valence-electron chi connectivity index (χ0n) is 9.88. The van der Waals surface area contributed by atoms with Gasteiger partial charge < -0.3 is 4.40 Å². The first-order chi connectivity index (χ1) is 8.34. The van der Waals surface area contributed by atoms with E-state index in [1.54, 1.807) is 26.1 Å². The lowest BCUT2D eigenvalue weighted by molar-refractivity contribution is -0.0887. The van der Waals surface area contributed by atoms with E-state index in [4.69, 9.17) is 0 Å². The van der Waals surface area contributed by atoms with Crippen LogP contribution in [0.15, 0.2) is 18.3 Å². The molecule has 0 saturated heterocycles. The van der Waals surface area contributed by atoms with E-state index in [0.29, 0.717) is 12.2 Å². The zero-order chi connectivity index (χ0) is 13.5. The Kier molecular flexibility index (Phi) is 2.88. The molecule has 6 heteroatoms. The highest BCUT2D eigenvalue weighted by Gasteiger charge is 2.42. The van der Waals surface area contributed by atoms with E-state index in [1.807, 2.05) is 0 Å². The van der Waals surface area contributed by atoms with Crippen molar-refractivity contribution in [3.05, 3.63) is 35.4 Å². The van der Waals surface area contributed by atoms with Gasteiger partial charge in [-0.15, -0.1) is 0 Å². The Morgan fingerprint density at radius 3 is 2.67 bits per heavy atom. The number of imidazole rings is 1. The van der Waals surface area contributed by atoms with Gasteiger partial charge in [0.15, 0.2) is 0 Å². The van der Waals surface area contributed by atoms with Crippen LogP contribution in [-0.2, 0) is 6.42 Å². The van der Waals surface area contributed by atoms with Crippen molar-refractivity contribution in [3.63, 3.8) is 0 Å². The first kappa shape index (κ1) is 12.6. The van der Waals surface area contributed by atoms with Crippen molar-refractivity contribution < 1.29 is 18.0 Å². The maximum atomic E-state index is 12.5. The maximum Gasteiger partial charge on any atom is 0.456 e. The smallest absolute Gasteiger partial charge is 0.303 e. The van der Waals surface area contributed by atoms with E-state index in [9.17, 15) is 18.0 Å². The van der Waals surface area contributed by atoms with E-state index in [-0.39, 0.29) is 5.52 Å². The number of hydrogen-bond acceptors (Lipinski definition) is 2. The number of hydrogen-bond donors (Lipinski definition) is 0. The predicted octanol–water partition coefficient (Wildman–Crippen LogP) is 2.95. The van der Waals surface area contributed by atoms with Gasteiger partial charge in [0.1, 0.15) is 11.5 Å². The number of alkyl halides is 3.